The van der Waals surface area contributed by atoms with Crippen molar-refractivity contribution in [2.45, 2.75) is 12.8 Å². The highest BCUT2D eigenvalue weighted by Crippen LogP contribution is 2.24. The fourth-order valence-corrected chi connectivity index (χ4v) is 3.39. The van der Waals surface area contributed by atoms with Crippen LogP contribution in [-0.4, -0.2) is 39.2 Å². The SMILES string of the molecule is O=C(c1cccc2nccnc12)N1CCC(CCBr)C1. The van der Waals surface area contributed by atoms with Crippen LogP contribution in [0.3, 0.4) is 0 Å². The van der Waals surface area contributed by atoms with Crippen LogP contribution in [0.5, 0.6) is 0 Å². The number of alkyl halides is 1. The number of benzene rings is 1. The Morgan fingerprint density at radius 3 is 3.05 bits per heavy atom. The van der Waals surface area contributed by atoms with Crippen molar-refractivity contribution in [3.63, 3.8) is 0 Å². The normalized spacial score (nSPS) is 18.6. The lowest BCUT2D eigenvalue weighted by Gasteiger charge is -2.17. The number of halogens is 1. The zero-order chi connectivity index (χ0) is 13.9. The molecular weight excluding hydrogens is 318 g/mol. The molecule has 1 fully saturated rings. The Bertz CT molecular complexity index is 626. The van der Waals surface area contributed by atoms with Crippen LogP contribution in [0.2, 0.25) is 0 Å². The van der Waals surface area contributed by atoms with Crippen molar-refractivity contribution in [3.8, 4) is 0 Å². The molecule has 0 aliphatic carbocycles. The van der Waals surface area contributed by atoms with Crippen molar-refractivity contribution in [2.24, 2.45) is 5.92 Å². The van der Waals surface area contributed by atoms with E-state index < -0.39 is 0 Å². The average Bonchev–Trinajstić information content (AvgIpc) is 2.95. The van der Waals surface area contributed by atoms with E-state index in [1.165, 1.54) is 0 Å². The van der Waals surface area contributed by atoms with Crippen LogP contribution >= 0.6 is 15.9 Å². The summed E-state index contributed by atoms with van der Waals surface area (Å²) in [5.41, 5.74) is 2.13. The van der Waals surface area contributed by atoms with E-state index in [4.69, 9.17) is 0 Å². The minimum Gasteiger partial charge on any atom is -0.338 e. The molecule has 0 bridgehead atoms. The standard InChI is InChI=1S/C15H16BrN3O/c16-6-4-11-5-9-19(10-11)15(20)12-2-1-3-13-14(12)18-8-7-17-13/h1-3,7-8,11H,4-6,9-10H2. The lowest BCUT2D eigenvalue weighted by Crippen LogP contribution is -2.29. The summed E-state index contributed by atoms with van der Waals surface area (Å²) in [6.07, 6.45) is 5.50. The Morgan fingerprint density at radius 2 is 2.20 bits per heavy atom. The maximum atomic E-state index is 12.7. The second-order valence-electron chi connectivity index (χ2n) is 5.11. The molecule has 4 nitrogen and oxygen atoms in total. The first kappa shape index (κ1) is 13.5. The van der Waals surface area contributed by atoms with Crippen LogP contribution in [0, 0.1) is 5.92 Å². The van der Waals surface area contributed by atoms with Crippen molar-refractivity contribution >= 4 is 32.9 Å². The highest BCUT2D eigenvalue weighted by Gasteiger charge is 2.27. The third-order valence-electron chi connectivity index (χ3n) is 3.82. The number of carbonyl (C=O) groups is 1. The molecule has 0 radical (unpaired) electrons. The van der Waals surface area contributed by atoms with Gasteiger partial charge in [0.25, 0.3) is 5.91 Å². The fourth-order valence-electron chi connectivity index (χ4n) is 2.74. The first-order valence-electron chi connectivity index (χ1n) is 6.84. The van der Waals surface area contributed by atoms with Gasteiger partial charge in [-0.25, -0.2) is 0 Å². The van der Waals surface area contributed by atoms with Gasteiger partial charge in [-0.1, -0.05) is 22.0 Å². The largest absolute Gasteiger partial charge is 0.338 e. The van der Waals surface area contributed by atoms with Gasteiger partial charge >= 0.3 is 0 Å². The molecule has 1 atom stereocenters. The Hall–Kier alpha value is -1.49. The Balaban J connectivity index is 1.86. The number of likely N-dealkylation sites (tertiary alicyclic amines) is 1. The maximum absolute atomic E-state index is 12.7. The van der Waals surface area contributed by atoms with Gasteiger partial charge in [-0.2, -0.15) is 0 Å². The van der Waals surface area contributed by atoms with E-state index >= 15 is 0 Å². The molecule has 1 aliphatic heterocycles. The Morgan fingerprint density at radius 1 is 1.35 bits per heavy atom. The van der Waals surface area contributed by atoms with Crippen molar-refractivity contribution < 1.29 is 4.79 Å². The van der Waals surface area contributed by atoms with Gasteiger partial charge in [-0.3, -0.25) is 14.8 Å². The topological polar surface area (TPSA) is 46.1 Å². The predicted molar refractivity (Wildman–Crippen MR) is 82.0 cm³/mol. The number of hydrogen-bond donors (Lipinski definition) is 0. The number of fused-ring (bicyclic) bond motifs is 1. The summed E-state index contributed by atoms with van der Waals surface area (Å²) in [7, 11) is 0. The Kier molecular flexibility index (Phi) is 3.96. The number of nitrogens with zero attached hydrogens (tertiary/aromatic N) is 3. The molecule has 2 aromatic rings. The van der Waals surface area contributed by atoms with Crippen LogP contribution in [0.15, 0.2) is 30.6 Å². The molecule has 5 heteroatoms. The molecule has 0 saturated carbocycles. The second kappa shape index (κ2) is 5.87. The van der Waals surface area contributed by atoms with Gasteiger partial charge < -0.3 is 4.90 Å². The van der Waals surface area contributed by atoms with E-state index in [1.54, 1.807) is 12.4 Å². The molecule has 2 heterocycles. The average molecular weight is 334 g/mol. The number of amides is 1. The zero-order valence-corrected chi connectivity index (χ0v) is 12.7. The van der Waals surface area contributed by atoms with Crippen LogP contribution in [0.1, 0.15) is 23.2 Å². The Labute approximate surface area is 126 Å². The summed E-state index contributed by atoms with van der Waals surface area (Å²) in [5, 5.41) is 0.999. The molecule has 0 spiro atoms. The summed E-state index contributed by atoms with van der Waals surface area (Å²) < 4.78 is 0. The molecule has 1 aromatic heterocycles. The third kappa shape index (κ3) is 2.54. The number of para-hydroxylation sites is 1. The van der Waals surface area contributed by atoms with Gasteiger partial charge in [0.1, 0.15) is 5.52 Å². The maximum Gasteiger partial charge on any atom is 0.256 e. The minimum absolute atomic E-state index is 0.0770. The molecule has 3 rings (SSSR count). The van der Waals surface area contributed by atoms with Crippen molar-refractivity contribution in [2.75, 3.05) is 18.4 Å². The molecule has 1 unspecified atom stereocenters. The van der Waals surface area contributed by atoms with E-state index in [0.29, 0.717) is 17.0 Å². The minimum atomic E-state index is 0.0770. The number of carbonyl (C=O) groups excluding carboxylic acids is 1. The molecule has 1 amide bonds. The van der Waals surface area contributed by atoms with E-state index in [1.807, 2.05) is 23.1 Å². The van der Waals surface area contributed by atoms with E-state index in [2.05, 4.69) is 25.9 Å². The predicted octanol–water partition coefficient (Wildman–Crippen LogP) is 2.88. The first-order chi connectivity index (χ1) is 9.79. The van der Waals surface area contributed by atoms with E-state index in [9.17, 15) is 4.79 Å². The molecule has 104 valence electrons. The van der Waals surface area contributed by atoms with Gasteiger partial charge in [-0.15, -0.1) is 0 Å². The lowest BCUT2D eigenvalue weighted by atomic mass is 10.1. The van der Waals surface area contributed by atoms with E-state index in [-0.39, 0.29) is 5.91 Å². The van der Waals surface area contributed by atoms with Crippen LogP contribution in [0.4, 0.5) is 0 Å². The second-order valence-corrected chi connectivity index (χ2v) is 5.91. The molecule has 1 aromatic carbocycles. The monoisotopic (exact) mass is 333 g/mol. The van der Waals surface area contributed by atoms with Crippen LogP contribution < -0.4 is 0 Å². The smallest absolute Gasteiger partial charge is 0.256 e. The highest BCUT2D eigenvalue weighted by atomic mass is 79.9. The summed E-state index contributed by atoms with van der Waals surface area (Å²) in [4.78, 5) is 23.2. The highest BCUT2D eigenvalue weighted by molar-refractivity contribution is 9.09. The molecule has 20 heavy (non-hydrogen) atoms. The van der Waals surface area contributed by atoms with Crippen molar-refractivity contribution in [3.05, 3.63) is 36.2 Å². The third-order valence-corrected chi connectivity index (χ3v) is 4.28. The molecular formula is C15H16BrN3O. The number of rotatable bonds is 3. The van der Waals surface area contributed by atoms with Gasteiger partial charge in [0.2, 0.25) is 0 Å². The summed E-state index contributed by atoms with van der Waals surface area (Å²) >= 11 is 3.47. The van der Waals surface area contributed by atoms with Crippen LogP contribution in [-0.2, 0) is 0 Å². The fraction of sp³-hybridized carbons (Fsp3) is 0.400. The summed E-state index contributed by atoms with van der Waals surface area (Å²) in [5.74, 6) is 0.688. The van der Waals surface area contributed by atoms with Gasteiger partial charge in [0.05, 0.1) is 11.1 Å². The van der Waals surface area contributed by atoms with Crippen molar-refractivity contribution in [1.82, 2.24) is 14.9 Å². The van der Waals surface area contributed by atoms with Crippen LogP contribution in [0.25, 0.3) is 11.0 Å². The van der Waals surface area contributed by atoms with Gasteiger partial charge in [-0.05, 0) is 30.9 Å². The quantitative estimate of drug-likeness (QED) is 0.811. The zero-order valence-electron chi connectivity index (χ0n) is 11.1. The van der Waals surface area contributed by atoms with E-state index in [0.717, 1.165) is 36.8 Å². The van der Waals surface area contributed by atoms with Gasteiger partial charge in [0, 0.05) is 30.8 Å². The molecule has 0 N–H and O–H groups in total. The summed E-state index contributed by atoms with van der Waals surface area (Å²) in [6.45, 7) is 1.69. The molecule has 1 aliphatic rings. The van der Waals surface area contributed by atoms with Crippen molar-refractivity contribution in [1.29, 1.82) is 0 Å². The lowest BCUT2D eigenvalue weighted by molar-refractivity contribution is 0.0788. The summed E-state index contributed by atoms with van der Waals surface area (Å²) in [6, 6.07) is 5.60. The number of aromatic nitrogens is 2. The first-order valence-corrected chi connectivity index (χ1v) is 7.96. The van der Waals surface area contributed by atoms with Gasteiger partial charge in [0.15, 0.2) is 0 Å². The number of hydrogen-bond acceptors (Lipinski definition) is 3. The molecule has 1 saturated heterocycles.